The van der Waals surface area contributed by atoms with Gasteiger partial charge in [0, 0.05) is 0 Å². The van der Waals surface area contributed by atoms with Crippen LogP contribution in [0.3, 0.4) is 0 Å². The van der Waals surface area contributed by atoms with Gasteiger partial charge in [-0.3, -0.25) is 0 Å². The summed E-state index contributed by atoms with van der Waals surface area (Å²) in [6.45, 7) is 8.15. The standard InChI is InChI=1S/C38H50O9/c1-7-36(8-2)43-24-31(45-36)33(39)34(40)35-32(46-37(9-3,10-4)47-35)25-44-38(26-14-12-11-13-15-26,27-16-20-29(41-5)21-17-27)28-18-22-30(42-6)23-19-28/h11-23,31-35,39-40H,7-10,24-25H2,1-6H3. The van der Waals surface area contributed by atoms with Gasteiger partial charge in [-0.1, -0.05) is 82.3 Å². The maximum Gasteiger partial charge on any atom is 0.169 e. The predicted molar refractivity (Wildman–Crippen MR) is 177 cm³/mol. The summed E-state index contributed by atoms with van der Waals surface area (Å²) in [5, 5.41) is 23.1. The molecule has 5 rings (SSSR count). The molecule has 9 heteroatoms. The number of hydrogen-bond acceptors (Lipinski definition) is 9. The normalized spacial score (nSPS) is 23.4. The zero-order valence-corrected chi connectivity index (χ0v) is 28.4. The van der Waals surface area contributed by atoms with Gasteiger partial charge in [-0.2, -0.15) is 0 Å². The number of hydrogen-bond donors (Lipinski definition) is 2. The van der Waals surface area contributed by atoms with Crippen molar-refractivity contribution in [2.45, 2.75) is 101 Å². The van der Waals surface area contributed by atoms with Crippen molar-refractivity contribution < 1.29 is 43.4 Å². The van der Waals surface area contributed by atoms with E-state index < -0.39 is 47.7 Å². The lowest BCUT2D eigenvalue weighted by Crippen LogP contribution is -2.51. The highest BCUT2D eigenvalue weighted by molar-refractivity contribution is 5.49. The Morgan fingerprint density at radius 1 is 0.681 bits per heavy atom. The molecule has 256 valence electrons. The Hall–Kier alpha value is -3.02. The van der Waals surface area contributed by atoms with Crippen LogP contribution in [-0.2, 0) is 29.3 Å². The average molecular weight is 651 g/mol. The van der Waals surface area contributed by atoms with Crippen LogP contribution in [0.5, 0.6) is 11.5 Å². The summed E-state index contributed by atoms with van der Waals surface area (Å²) in [5.41, 5.74) is 1.55. The first-order valence-electron chi connectivity index (χ1n) is 16.7. The van der Waals surface area contributed by atoms with E-state index in [0.717, 1.165) is 28.2 Å². The van der Waals surface area contributed by atoms with E-state index in [1.165, 1.54) is 0 Å². The van der Waals surface area contributed by atoms with Gasteiger partial charge in [-0.25, -0.2) is 0 Å². The van der Waals surface area contributed by atoms with E-state index in [4.69, 9.17) is 33.2 Å². The molecule has 5 atom stereocenters. The molecule has 2 aliphatic heterocycles. The third-order valence-corrected chi connectivity index (χ3v) is 9.82. The quantitative estimate of drug-likeness (QED) is 0.193. The van der Waals surface area contributed by atoms with Gasteiger partial charge in [-0.05, 0) is 66.6 Å². The Bertz CT molecular complexity index is 1340. The Balaban J connectivity index is 1.53. The highest BCUT2D eigenvalue weighted by Crippen LogP contribution is 2.44. The number of benzene rings is 3. The highest BCUT2D eigenvalue weighted by Gasteiger charge is 2.53. The molecule has 2 N–H and O–H groups in total. The molecule has 2 heterocycles. The molecule has 2 fully saturated rings. The lowest BCUT2D eigenvalue weighted by atomic mass is 9.80. The van der Waals surface area contributed by atoms with Crippen molar-refractivity contribution in [1.82, 2.24) is 0 Å². The lowest BCUT2D eigenvalue weighted by Gasteiger charge is -2.37. The van der Waals surface area contributed by atoms with E-state index in [0.29, 0.717) is 25.7 Å². The first-order valence-corrected chi connectivity index (χ1v) is 16.7. The molecule has 3 aromatic rings. The molecule has 47 heavy (non-hydrogen) atoms. The van der Waals surface area contributed by atoms with Crippen molar-refractivity contribution in [3.8, 4) is 11.5 Å². The summed E-state index contributed by atoms with van der Waals surface area (Å²) < 4.78 is 43.3. The van der Waals surface area contributed by atoms with Crippen LogP contribution >= 0.6 is 0 Å². The van der Waals surface area contributed by atoms with E-state index in [1.54, 1.807) is 14.2 Å². The minimum atomic E-state index is -1.32. The molecule has 2 saturated heterocycles. The van der Waals surface area contributed by atoms with Gasteiger partial charge in [-0.15, -0.1) is 0 Å². The van der Waals surface area contributed by atoms with Gasteiger partial charge in [0.05, 0.1) is 27.4 Å². The second kappa shape index (κ2) is 15.0. The molecule has 0 aromatic heterocycles. The van der Waals surface area contributed by atoms with Gasteiger partial charge in [0.25, 0.3) is 0 Å². The average Bonchev–Trinajstić information content (AvgIpc) is 3.75. The monoisotopic (exact) mass is 650 g/mol. The fraction of sp³-hybridized carbons (Fsp3) is 0.526. The van der Waals surface area contributed by atoms with E-state index >= 15 is 0 Å². The second-order valence-corrected chi connectivity index (χ2v) is 12.2. The third-order valence-electron chi connectivity index (χ3n) is 9.82. The van der Waals surface area contributed by atoms with Crippen LogP contribution in [0.1, 0.15) is 70.1 Å². The minimum absolute atomic E-state index is 0.0407. The maximum atomic E-state index is 11.7. The van der Waals surface area contributed by atoms with Gasteiger partial charge in [0.2, 0.25) is 0 Å². The van der Waals surface area contributed by atoms with Crippen LogP contribution in [0.4, 0.5) is 0 Å². The smallest absolute Gasteiger partial charge is 0.169 e. The summed E-state index contributed by atoms with van der Waals surface area (Å²) in [6, 6.07) is 25.6. The largest absolute Gasteiger partial charge is 0.497 e. The fourth-order valence-electron chi connectivity index (χ4n) is 6.76. The first kappa shape index (κ1) is 35.3. The Kier molecular flexibility index (Phi) is 11.3. The van der Waals surface area contributed by atoms with Crippen LogP contribution in [0.2, 0.25) is 0 Å². The van der Waals surface area contributed by atoms with Crippen molar-refractivity contribution in [1.29, 1.82) is 0 Å². The molecule has 5 unspecified atom stereocenters. The van der Waals surface area contributed by atoms with Gasteiger partial charge in [0.1, 0.15) is 47.6 Å². The Morgan fingerprint density at radius 2 is 1.19 bits per heavy atom. The molecule has 0 bridgehead atoms. The van der Waals surface area contributed by atoms with Crippen LogP contribution in [-0.4, -0.2) is 79.7 Å². The number of aliphatic hydroxyl groups excluding tert-OH is 2. The number of aliphatic hydroxyl groups is 2. The van der Waals surface area contributed by atoms with Gasteiger partial charge < -0.3 is 43.4 Å². The second-order valence-electron chi connectivity index (χ2n) is 12.2. The van der Waals surface area contributed by atoms with Gasteiger partial charge >= 0.3 is 0 Å². The van der Waals surface area contributed by atoms with E-state index in [1.807, 2.05) is 107 Å². The first-order chi connectivity index (χ1) is 22.7. The Labute approximate surface area is 278 Å². The van der Waals surface area contributed by atoms with Crippen LogP contribution in [0.15, 0.2) is 78.9 Å². The minimum Gasteiger partial charge on any atom is -0.497 e. The predicted octanol–water partition coefficient (Wildman–Crippen LogP) is 5.97. The summed E-state index contributed by atoms with van der Waals surface area (Å²) in [6.07, 6.45) is -2.54. The van der Waals surface area contributed by atoms with E-state index in [9.17, 15) is 10.2 Å². The summed E-state index contributed by atoms with van der Waals surface area (Å²) in [7, 11) is 3.27. The van der Waals surface area contributed by atoms with Crippen molar-refractivity contribution >= 4 is 0 Å². The molecule has 0 spiro atoms. The molecular weight excluding hydrogens is 600 g/mol. The van der Waals surface area contributed by atoms with Crippen molar-refractivity contribution in [2.75, 3.05) is 27.4 Å². The maximum absolute atomic E-state index is 11.7. The van der Waals surface area contributed by atoms with Crippen molar-refractivity contribution in [2.24, 2.45) is 0 Å². The highest BCUT2D eigenvalue weighted by atomic mass is 16.8. The molecular formula is C38H50O9. The lowest BCUT2D eigenvalue weighted by molar-refractivity contribution is -0.207. The SMILES string of the molecule is CCC1(CC)OCC(C(O)C(O)C2OC(CC)(CC)OC2COC(c2ccccc2)(c2ccc(OC)cc2)c2ccc(OC)cc2)O1. The molecule has 2 aliphatic rings. The van der Waals surface area contributed by atoms with E-state index in [2.05, 4.69) is 0 Å². The molecule has 0 aliphatic carbocycles. The topological polar surface area (TPSA) is 105 Å². The molecule has 0 amide bonds. The van der Waals surface area contributed by atoms with Gasteiger partial charge in [0.15, 0.2) is 11.6 Å². The van der Waals surface area contributed by atoms with Crippen molar-refractivity contribution in [3.05, 3.63) is 95.6 Å². The molecule has 0 saturated carbocycles. The zero-order valence-electron chi connectivity index (χ0n) is 28.4. The van der Waals surface area contributed by atoms with Crippen LogP contribution in [0, 0.1) is 0 Å². The number of methoxy groups -OCH3 is 2. The summed E-state index contributed by atoms with van der Waals surface area (Å²) in [4.78, 5) is 0. The molecule has 0 radical (unpaired) electrons. The fourth-order valence-corrected chi connectivity index (χ4v) is 6.76. The van der Waals surface area contributed by atoms with E-state index in [-0.39, 0.29) is 13.2 Å². The molecule has 3 aromatic carbocycles. The zero-order chi connectivity index (χ0) is 33.7. The van der Waals surface area contributed by atoms with Crippen LogP contribution < -0.4 is 9.47 Å². The van der Waals surface area contributed by atoms with Crippen molar-refractivity contribution in [3.63, 3.8) is 0 Å². The Morgan fingerprint density at radius 3 is 1.66 bits per heavy atom. The summed E-state index contributed by atoms with van der Waals surface area (Å²) in [5.74, 6) is -0.277. The van der Waals surface area contributed by atoms with Crippen LogP contribution in [0.25, 0.3) is 0 Å². The summed E-state index contributed by atoms with van der Waals surface area (Å²) >= 11 is 0. The third kappa shape index (κ3) is 6.94. The number of ether oxygens (including phenoxy) is 7. The number of rotatable bonds is 15. The molecule has 9 nitrogen and oxygen atoms in total.